The SMILES string of the molecule is CCN(Cc1ccccc1)C(=O)CN1C(=O)C2CCCCN2c2ccc(C(=O)N3CCCC3)cc21. The quantitative estimate of drug-likeness (QED) is 0.641. The summed E-state index contributed by atoms with van der Waals surface area (Å²) in [5.41, 5.74) is 3.28. The Balaban J connectivity index is 1.45. The van der Waals surface area contributed by atoms with Crippen molar-refractivity contribution in [3.63, 3.8) is 0 Å². The third-order valence-electron chi connectivity index (χ3n) is 7.51. The first kappa shape index (κ1) is 23.4. The van der Waals surface area contributed by atoms with Crippen LogP contribution in [-0.4, -0.2) is 66.3 Å². The Morgan fingerprint density at radius 2 is 1.69 bits per heavy atom. The molecule has 0 N–H and O–H groups in total. The predicted octanol–water partition coefficient (Wildman–Crippen LogP) is 3.68. The highest BCUT2D eigenvalue weighted by Gasteiger charge is 2.40. The monoisotopic (exact) mass is 474 g/mol. The van der Waals surface area contributed by atoms with E-state index in [4.69, 9.17) is 0 Å². The summed E-state index contributed by atoms with van der Waals surface area (Å²) in [7, 11) is 0. The molecule has 1 unspecified atom stereocenters. The number of benzene rings is 2. The first-order chi connectivity index (χ1) is 17.1. The summed E-state index contributed by atoms with van der Waals surface area (Å²) in [5.74, 6) is -0.118. The van der Waals surface area contributed by atoms with Crippen molar-refractivity contribution in [2.45, 2.75) is 51.6 Å². The fourth-order valence-corrected chi connectivity index (χ4v) is 5.57. The molecule has 0 aliphatic carbocycles. The van der Waals surface area contributed by atoms with Crippen molar-refractivity contribution in [2.75, 3.05) is 42.5 Å². The predicted molar refractivity (Wildman–Crippen MR) is 136 cm³/mol. The number of anilines is 2. The summed E-state index contributed by atoms with van der Waals surface area (Å²) < 4.78 is 0. The van der Waals surface area contributed by atoms with Gasteiger partial charge in [-0.25, -0.2) is 0 Å². The van der Waals surface area contributed by atoms with E-state index in [1.807, 2.05) is 60.4 Å². The lowest BCUT2D eigenvalue weighted by atomic mass is 9.95. The number of amides is 3. The average Bonchev–Trinajstić information content (AvgIpc) is 3.44. The van der Waals surface area contributed by atoms with Gasteiger partial charge in [-0.1, -0.05) is 30.3 Å². The number of nitrogens with zero attached hydrogens (tertiary/aromatic N) is 4. The van der Waals surface area contributed by atoms with Crippen LogP contribution >= 0.6 is 0 Å². The van der Waals surface area contributed by atoms with Crippen LogP contribution in [-0.2, 0) is 16.1 Å². The molecule has 0 bridgehead atoms. The second-order valence-corrected chi connectivity index (χ2v) is 9.73. The Kier molecular flexibility index (Phi) is 6.75. The number of likely N-dealkylation sites (N-methyl/N-ethyl adjacent to an activating group) is 1. The molecule has 3 aliphatic rings. The molecule has 0 saturated carbocycles. The molecule has 0 spiro atoms. The topological polar surface area (TPSA) is 64.2 Å². The summed E-state index contributed by atoms with van der Waals surface area (Å²) in [6.45, 7) is 5.38. The van der Waals surface area contributed by atoms with Gasteiger partial charge in [0, 0.05) is 38.3 Å². The second kappa shape index (κ2) is 10.1. The number of likely N-dealkylation sites (tertiary alicyclic amines) is 1. The highest BCUT2D eigenvalue weighted by atomic mass is 16.2. The normalized spacial score (nSPS) is 19.4. The van der Waals surface area contributed by atoms with Crippen LogP contribution in [0.15, 0.2) is 48.5 Å². The molecule has 184 valence electrons. The minimum absolute atomic E-state index is 0.00376. The largest absolute Gasteiger partial charge is 0.358 e. The molecular weight excluding hydrogens is 440 g/mol. The van der Waals surface area contributed by atoms with E-state index in [0.717, 1.165) is 63.0 Å². The van der Waals surface area contributed by atoms with Crippen molar-refractivity contribution in [3.8, 4) is 0 Å². The van der Waals surface area contributed by atoms with Crippen LogP contribution in [0.25, 0.3) is 0 Å². The van der Waals surface area contributed by atoms with Gasteiger partial charge in [0.1, 0.15) is 12.6 Å². The summed E-state index contributed by atoms with van der Waals surface area (Å²) in [5, 5.41) is 0. The van der Waals surface area contributed by atoms with Crippen molar-refractivity contribution < 1.29 is 14.4 Å². The lowest BCUT2D eigenvalue weighted by molar-refractivity contribution is -0.132. The van der Waals surface area contributed by atoms with Crippen LogP contribution in [0.4, 0.5) is 11.4 Å². The Hall–Kier alpha value is -3.35. The van der Waals surface area contributed by atoms with Gasteiger partial charge in [0.25, 0.3) is 5.91 Å². The Labute approximate surface area is 207 Å². The number of fused-ring (bicyclic) bond motifs is 3. The van der Waals surface area contributed by atoms with Gasteiger partial charge in [-0.2, -0.15) is 0 Å². The van der Waals surface area contributed by atoms with Gasteiger partial charge in [0.15, 0.2) is 0 Å². The van der Waals surface area contributed by atoms with Crippen LogP contribution in [0.2, 0.25) is 0 Å². The molecule has 3 amide bonds. The Morgan fingerprint density at radius 1 is 0.943 bits per heavy atom. The molecule has 0 aromatic heterocycles. The number of hydrogen-bond donors (Lipinski definition) is 0. The molecule has 2 saturated heterocycles. The van der Waals surface area contributed by atoms with E-state index in [2.05, 4.69) is 4.90 Å². The fraction of sp³-hybridized carbons (Fsp3) is 0.464. The van der Waals surface area contributed by atoms with Crippen LogP contribution < -0.4 is 9.80 Å². The lowest BCUT2D eigenvalue weighted by Gasteiger charge is -2.45. The Bertz CT molecular complexity index is 1100. The van der Waals surface area contributed by atoms with E-state index < -0.39 is 0 Å². The lowest BCUT2D eigenvalue weighted by Crippen LogP contribution is -2.57. The minimum Gasteiger partial charge on any atom is -0.358 e. The molecule has 2 fully saturated rings. The smallest absolute Gasteiger partial charge is 0.253 e. The summed E-state index contributed by atoms with van der Waals surface area (Å²) in [6, 6.07) is 15.4. The molecular formula is C28H34N4O3. The van der Waals surface area contributed by atoms with E-state index in [1.54, 1.807) is 9.80 Å². The number of carbonyl (C=O) groups is 3. The third kappa shape index (κ3) is 4.64. The van der Waals surface area contributed by atoms with Crippen LogP contribution in [0.3, 0.4) is 0 Å². The molecule has 1 atom stereocenters. The first-order valence-electron chi connectivity index (χ1n) is 12.9. The van der Waals surface area contributed by atoms with E-state index >= 15 is 0 Å². The van der Waals surface area contributed by atoms with E-state index in [0.29, 0.717) is 24.3 Å². The van der Waals surface area contributed by atoms with Gasteiger partial charge in [-0.05, 0) is 62.8 Å². The molecule has 0 radical (unpaired) electrons. The molecule has 5 rings (SSSR count). The highest BCUT2D eigenvalue weighted by molar-refractivity contribution is 6.09. The fourth-order valence-electron chi connectivity index (χ4n) is 5.57. The summed E-state index contributed by atoms with van der Waals surface area (Å²) in [6.07, 6.45) is 4.89. The maximum absolute atomic E-state index is 13.7. The molecule has 2 aromatic rings. The van der Waals surface area contributed by atoms with E-state index in [9.17, 15) is 14.4 Å². The molecule has 7 nitrogen and oxygen atoms in total. The highest BCUT2D eigenvalue weighted by Crippen LogP contribution is 2.40. The van der Waals surface area contributed by atoms with Gasteiger partial charge in [0.2, 0.25) is 11.8 Å². The van der Waals surface area contributed by atoms with Crippen molar-refractivity contribution in [1.29, 1.82) is 0 Å². The molecule has 2 aromatic carbocycles. The van der Waals surface area contributed by atoms with E-state index in [1.165, 1.54) is 0 Å². The van der Waals surface area contributed by atoms with Crippen LogP contribution in [0, 0.1) is 0 Å². The number of carbonyl (C=O) groups excluding carboxylic acids is 3. The van der Waals surface area contributed by atoms with Gasteiger partial charge in [-0.3, -0.25) is 19.3 Å². The zero-order valence-electron chi connectivity index (χ0n) is 20.5. The minimum atomic E-state index is -0.242. The van der Waals surface area contributed by atoms with Gasteiger partial charge in [-0.15, -0.1) is 0 Å². The maximum Gasteiger partial charge on any atom is 0.253 e. The van der Waals surface area contributed by atoms with Crippen molar-refractivity contribution in [1.82, 2.24) is 9.80 Å². The summed E-state index contributed by atoms with van der Waals surface area (Å²) in [4.78, 5) is 47.7. The van der Waals surface area contributed by atoms with Crippen LogP contribution in [0.5, 0.6) is 0 Å². The van der Waals surface area contributed by atoms with Gasteiger partial charge < -0.3 is 14.7 Å². The van der Waals surface area contributed by atoms with Gasteiger partial charge >= 0.3 is 0 Å². The Morgan fingerprint density at radius 3 is 2.43 bits per heavy atom. The number of piperidine rings is 1. The van der Waals surface area contributed by atoms with Crippen molar-refractivity contribution in [2.24, 2.45) is 0 Å². The van der Waals surface area contributed by atoms with Crippen LogP contribution in [0.1, 0.15) is 54.9 Å². The maximum atomic E-state index is 13.7. The average molecular weight is 475 g/mol. The van der Waals surface area contributed by atoms with Gasteiger partial charge in [0.05, 0.1) is 11.4 Å². The van der Waals surface area contributed by atoms with Crippen molar-refractivity contribution in [3.05, 3.63) is 59.7 Å². The molecule has 7 heteroatoms. The molecule has 35 heavy (non-hydrogen) atoms. The molecule has 3 heterocycles. The van der Waals surface area contributed by atoms with E-state index in [-0.39, 0.29) is 30.3 Å². The zero-order valence-corrected chi connectivity index (χ0v) is 20.5. The number of hydrogen-bond acceptors (Lipinski definition) is 4. The van der Waals surface area contributed by atoms with Crippen molar-refractivity contribution >= 4 is 29.1 Å². The zero-order chi connectivity index (χ0) is 24.4. The second-order valence-electron chi connectivity index (χ2n) is 9.73. The molecule has 3 aliphatic heterocycles. The summed E-state index contributed by atoms with van der Waals surface area (Å²) >= 11 is 0. The number of rotatable bonds is 6. The first-order valence-corrected chi connectivity index (χ1v) is 12.9. The standard InChI is InChI=1S/C28H34N4O3/c1-2-29(19-21-10-4-3-5-11-21)26(33)20-32-25-18-22(27(34)30-15-8-9-16-30)13-14-23(25)31-17-7-6-12-24(31)28(32)35/h3-5,10-11,13-14,18,24H,2,6-9,12,15-17,19-20H2,1H3. The third-order valence-corrected chi connectivity index (χ3v) is 7.51.